The average molecular weight is 522 g/mol. The predicted molar refractivity (Wildman–Crippen MR) is 148 cm³/mol. The van der Waals surface area contributed by atoms with Gasteiger partial charge in [0, 0.05) is 22.2 Å². The molecule has 1 aliphatic heterocycles. The average Bonchev–Trinajstić information content (AvgIpc) is 3.20. The summed E-state index contributed by atoms with van der Waals surface area (Å²) >= 11 is 6.18. The maximum Gasteiger partial charge on any atom is 0.222 e. The van der Waals surface area contributed by atoms with Crippen LogP contribution in [0, 0.1) is 12.8 Å². The standard InChI is InChI=1S/C29H36ClN5O2/c1-6-22(9-7-8-18(2)3)31-27(36)17-25-29-34-33-19(4)35(29)26-15-14-23(37-5)16-24(26)28(32-25)20-10-12-21(30)13-11-20/h10-16,18,22,25H,6-9,17H2,1-5H3,(H,31,36)/t22?,25-/m0/s1. The summed E-state index contributed by atoms with van der Waals surface area (Å²) in [6.07, 6.45) is 4.32. The second-order valence-electron chi connectivity index (χ2n) is 10.0. The first-order chi connectivity index (χ1) is 17.8. The summed E-state index contributed by atoms with van der Waals surface area (Å²) in [5, 5.41) is 12.7. The van der Waals surface area contributed by atoms with Gasteiger partial charge in [-0.25, -0.2) is 0 Å². The van der Waals surface area contributed by atoms with Crippen LogP contribution in [0.2, 0.25) is 5.02 Å². The molecule has 7 nitrogen and oxygen atoms in total. The minimum absolute atomic E-state index is 0.0312. The highest BCUT2D eigenvalue weighted by Crippen LogP contribution is 2.34. The van der Waals surface area contributed by atoms with Gasteiger partial charge < -0.3 is 10.1 Å². The number of benzene rings is 2. The number of carbonyl (C=O) groups is 1. The molecule has 1 amide bonds. The number of halogens is 1. The van der Waals surface area contributed by atoms with Crippen molar-refractivity contribution < 1.29 is 9.53 Å². The molecule has 0 saturated heterocycles. The molecule has 2 aromatic carbocycles. The van der Waals surface area contributed by atoms with Crippen LogP contribution in [0.3, 0.4) is 0 Å². The van der Waals surface area contributed by atoms with Crippen molar-refractivity contribution >= 4 is 23.2 Å². The quantitative estimate of drug-likeness (QED) is 0.342. The fraction of sp³-hybridized carbons (Fsp3) is 0.448. The van der Waals surface area contributed by atoms with Crippen LogP contribution in [0.4, 0.5) is 0 Å². The van der Waals surface area contributed by atoms with Gasteiger partial charge in [0.25, 0.3) is 0 Å². The van der Waals surface area contributed by atoms with Crippen LogP contribution in [0.25, 0.3) is 5.69 Å². The molecule has 0 aliphatic carbocycles. The Hall–Kier alpha value is -3.19. The number of hydrogen-bond acceptors (Lipinski definition) is 5. The zero-order valence-corrected chi connectivity index (χ0v) is 23.0. The van der Waals surface area contributed by atoms with Crippen LogP contribution in [-0.2, 0) is 4.79 Å². The first kappa shape index (κ1) is 26.9. The monoisotopic (exact) mass is 521 g/mol. The van der Waals surface area contributed by atoms with E-state index >= 15 is 0 Å². The van der Waals surface area contributed by atoms with Gasteiger partial charge in [-0.05, 0) is 56.0 Å². The van der Waals surface area contributed by atoms with E-state index in [4.69, 9.17) is 21.3 Å². The maximum atomic E-state index is 13.3. The van der Waals surface area contributed by atoms with Gasteiger partial charge in [0.1, 0.15) is 17.6 Å². The Kier molecular flexibility index (Phi) is 8.64. The number of carbonyl (C=O) groups excluding carboxylic acids is 1. The van der Waals surface area contributed by atoms with Gasteiger partial charge in [-0.2, -0.15) is 0 Å². The lowest BCUT2D eigenvalue weighted by Gasteiger charge is -2.19. The molecule has 196 valence electrons. The number of nitrogens with zero attached hydrogens (tertiary/aromatic N) is 4. The van der Waals surface area contributed by atoms with E-state index < -0.39 is 6.04 Å². The molecular formula is C29H36ClN5O2. The Morgan fingerprint density at radius 2 is 1.89 bits per heavy atom. The fourth-order valence-electron chi connectivity index (χ4n) is 4.79. The number of hydrogen-bond donors (Lipinski definition) is 1. The molecule has 1 aromatic heterocycles. The Bertz CT molecular complexity index is 1270. The lowest BCUT2D eigenvalue weighted by atomic mass is 10.00. The molecule has 1 unspecified atom stereocenters. The van der Waals surface area contributed by atoms with Crippen molar-refractivity contribution in [1.82, 2.24) is 20.1 Å². The molecule has 0 radical (unpaired) electrons. The SMILES string of the molecule is CCC(CCCC(C)C)NC(=O)C[C@@H]1N=C(c2ccc(Cl)cc2)c2cc(OC)ccc2-n2c(C)nnc21. The van der Waals surface area contributed by atoms with Gasteiger partial charge in [-0.3, -0.25) is 14.4 Å². The maximum absolute atomic E-state index is 13.3. The lowest BCUT2D eigenvalue weighted by molar-refractivity contribution is -0.122. The summed E-state index contributed by atoms with van der Waals surface area (Å²) in [5.41, 5.74) is 3.45. The molecule has 0 saturated carbocycles. The summed E-state index contributed by atoms with van der Waals surface area (Å²) in [5.74, 6) is 2.73. The van der Waals surface area contributed by atoms with Crippen LogP contribution in [0.15, 0.2) is 47.5 Å². The minimum Gasteiger partial charge on any atom is -0.497 e. The van der Waals surface area contributed by atoms with Crippen molar-refractivity contribution in [3.8, 4) is 11.4 Å². The smallest absolute Gasteiger partial charge is 0.222 e. The molecule has 0 bridgehead atoms. The van der Waals surface area contributed by atoms with Crippen LogP contribution < -0.4 is 10.1 Å². The summed E-state index contributed by atoms with van der Waals surface area (Å²) in [4.78, 5) is 18.4. The number of amides is 1. The largest absolute Gasteiger partial charge is 0.497 e. The highest BCUT2D eigenvalue weighted by molar-refractivity contribution is 6.30. The van der Waals surface area contributed by atoms with E-state index in [2.05, 4.69) is 36.3 Å². The number of fused-ring (bicyclic) bond motifs is 3. The molecule has 0 spiro atoms. The van der Waals surface area contributed by atoms with E-state index in [9.17, 15) is 4.79 Å². The highest BCUT2D eigenvalue weighted by atomic mass is 35.5. The molecular weight excluding hydrogens is 486 g/mol. The molecule has 1 aliphatic rings. The molecule has 2 heterocycles. The third kappa shape index (κ3) is 6.21. The number of methoxy groups -OCH3 is 1. The lowest BCUT2D eigenvalue weighted by Crippen LogP contribution is -2.35. The number of aliphatic imine (C=N–C) groups is 1. The number of rotatable bonds is 10. The van der Waals surface area contributed by atoms with Gasteiger partial charge in [-0.1, -0.05) is 57.3 Å². The van der Waals surface area contributed by atoms with Crippen LogP contribution in [-0.4, -0.2) is 39.5 Å². The summed E-state index contributed by atoms with van der Waals surface area (Å²) in [6, 6.07) is 13.1. The van der Waals surface area contributed by atoms with E-state index in [0.29, 0.717) is 16.8 Å². The van der Waals surface area contributed by atoms with Crippen LogP contribution >= 0.6 is 11.6 Å². The number of ether oxygens (including phenoxy) is 1. The molecule has 4 rings (SSSR count). The van der Waals surface area contributed by atoms with Crippen LogP contribution in [0.5, 0.6) is 5.75 Å². The number of aromatic nitrogens is 3. The van der Waals surface area contributed by atoms with Gasteiger partial charge in [0.15, 0.2) is 5.82 Å². The highest BCUT2D eigenvalue weighted by Gasteiger charge is 2.30. The van der Waals surface area contributed by atoms with Gasteiger partial charge >= 0.3 is 0 Å². The first-order valence-electron chi connectivity index (χ1n) is 13.0. The molecule has 1 N–H and O–H groups in total. The molecule has 37 heavy (non-hydrogen) atoms. The number of aryl methyl sites for hydroxylation is 1. The van der Waals surface area contributed by atoms with E-state index in [1.807, 2.05) is 54.0 Å². The van der Waals surface area contributed by atoms with Gasteiger partial charge in [0.2, 0.25) is 5.91 Å². The third-order valence-electron chi connectivity index (χ3n) is 6.82. The topological polar surface area (TPSA) is 81.4 Å². The molecule has 2 atom stereocenters. The minimum atomic E-state index is -0.501. The second kappa shape index (κ2) is 11.9. The van der Waals surface area contributed by atoms with E-state index in [-0.39, 0.29) is 18.4 Å². The molecule has 0 fully saturated rings. The predicted octanol–water partition coefficient (Wildman–Crippen LogP) is 6.24. The van der Waals surface area contributed by atoms with E-state index in [1.54, 1.807) is 7.11 Å². The zero-order valence-electron chi connectivity index (χ0n) is 22.3. The summed E-state index contributed by atoms with van der Waals surface area (Å²) in [7, 11) is 1.64. The Labute approximate surface area is 224 Å². The Morgan fingerprint density at radius 1 is 1.14 bits per heavy atom. The van der Waals surface area contributed by atoms with Crippen molar-refractivity contribution in [2.45, 2.75) is 71.9 Å². The number of nitrogens with one attached hydrogen (secondary N) is 1. The van der Waals surface area contributed by atoms with Crippen molar-refractivity contribution in [2.75, 3.05) is 7.11 Å². The van der Waals surface area contributed by atoms with Gasteiger partial charge in [0.05, 0.1) is 24.9 Å². The Morgan fingerprint density at radius 3 is 2.57 bits per heavy atom. The summed E-state index contributed by atoms with van der Waals surface area (Å²) in [6.45, 7) is 8.49. The van der Waals surface area contributed by atoms with Gasteiger partial charge in [-0.15, -0.1) is 10.2 Å². The molecule has 8 heteroatoms. The normalized spacial score (nSPS) is 15.4. The third-order valence-corrected chi connectivity index (χ3v) is 7.07. The van der Waals surface area contributed by atoms with Crippen molar-refractivity contribution in [1.29, 1.82) is 0 Å². The Balaban J connectivity index is 1.72. The van der Waals surface area contributed by atoms with Crippen molar-refractivity contribution in [2.24, 2.45) is 10.9 Å². The van der Waals surface area contributed by atoms with Crippen molar-refractivity contribution in [3.05, 3.63) is 70.3 Å². The molecule has 3 aromatic rings. The zero-order chi connectivity index (χ0) is 26.5. The summed E-state index contributed by atoms with van der Waals surface area (Å²) < 4.78 is 7.54. The van der Waals surface area contributed by atoms with Crippen molar-refractivity contribution in [3.63, 3.8) is 0 Å². The first-order valence-corrected chi connectivity index (χ1v) is 13.4. The van der Waals surface area contributed by atoms with Crippen LogP contribution in [0.1, 0.15) is 81.7 Å². The second-order valence-corrected chi connectivity index (χ2v) is 10.5. The van der Waals surface area contributed by atoms with E-state index in [1.165, 1.54) is 0 Å². The van der Waals surface area contributed by atoms with E-state index in [0.717, 1.165) is 59.8 Å². The fourth-order valence-corrected chi connectivity index (χ4v) is 4.92.